The number of esters is 2. The van der Waals surface area contributed by atoms with Gasteiger partial charge < -0.3 is 14.8 Å². The number of hydrogen-bond donors (Lipinski definition) is 1. The number of benzene rings is 2. The van der Waals surface area contributed by atoms with Gasteiger partial charge in [0, 0.05) is 28.9 Å². The smallest absolute Gasteiger partial charge is 0.337 e. The molecular weight excluding hydrogens is 384 g/mol. The van der Waals surface area contributed by atoms with Gasteiger partial charge in [-0.1, -0.05) is 30.3 Å². The van der Waals surface area contributed by atoms with Crippen molar-refractivity contribution in [3.8, 4) is 0 Å². The minimum absolute atomic E-state index is 0.307. The fourth-order valence-electron chi connectivity index (χ4n) is 2.79. The van der Waals surface area contributed by atoms with Crippen molar-refractivity contribution in [1.82, 2.24) is 4.98 Å². The second kappa shape index (κ2) is 9.47. The zero-order valence-corrected chi connectivity index (χ0v) is 16.5. The van der Waals surface area contributed by atoms with Crippen LogP contribution in [0.2, 0.25) is 0 Å². The van der Waals surface area contributed by atoms with Gasteiger partial charge in [-0.3, -0.25) is 9.78 Å². The van der Waals surface area contributed by atoms with Crippen molar-refractivity contribution in [3.05, 3.63) is 77.5 Å². The minimum atomic E-state index is -0.655. The lowest BCUT2D eigenvalue weighted by atomic mass is 10.1. The van der Waals surface area contributed by atoms with E-state index in [0.29, 0.717) is 11.3 Å². The maximum Gasteiger partial charge on any atom is 0.337 e. The highest BCUT2D eigenvalue weighted by Crippen LogP contribution is 2.18. The third-order valence-corrected chi connectivity index (χ3v) is 4.34. The van der Waals surface area contributed by atoms with E-state index in [1.165, 1.54) is 19.3 Å². The summed E-state index contributed by atoms with van der Waals surface area (Å²) in [6.45, 7) is 1.32. The van der Waals surface area contributed by atoms with E-state index in [2.05, 4.69) is 15.0 Å². The topological polar surface area (TPSA) is 94.6 Å². The Kier molecular flexibility index (Phi) is 6.54. The van der Waals surface area contributed by atoms with Gasteiger partial charge in [-0.15, -0.1) is 0 Å². The highest BCUT2D eigenvalue weighted by Gasteiger charge is 2.11. The maximum absolute atomic E-state index is 12.1. The summed E-state index contributed by atoms with van der Waals surface area (Å²) in [4.78, 5) is 40.1. The number of methoxy groups -OCH3 is 1. The predicted octanol–water partition coefficient (Wildman–Crippen LogP) is 3.52. The van der Waals surface area contributed by atoms with Crippen molar-refractivity contribution in [2.24, 2.45) is 0 Å². The number of anilines is 1. The normalized spacial score (nSPS) is 10.7. The number of hydrogen-bond acceptors (Lipinski definition) is 6. The fourth-order valence-corrected chi connectivity index (χ4v) is 2.79. The molecule has 0 aliphatic rings. The highest BCUT2D eigenvalue weighted by atomic mass is 16.5. The Labute approximate surface area is 173 Å². The summed E-state index contributed by atoms with van der Waals surface area (Å²) < 4.78 is 9.67. The molecule has 0 bridgehead atoms. The largest absolute Gasteiger partial charge is 0.465 e. The van der Waals surface area contributed by atoms with Crippen LogP contribution in [0.4, 0.5) is 5.69 Å². The van der Waals surface area contributed by atoms with Crippen molar-refractivity contribution in [3.63, 3.8) is 0 Å². The molecule has 2 aromatic carbocycles. The SMILES string of the molecule is COC(=O)c1ccc(C)c(NC(=O)COC(=O)/C=C/c2cccc3cccnc23)c1. The van der Waals surface area contributed by atoms with E-state index in [4.69, 9.17) is 4.74 Å². The van der Waals surface area contributed by atoms with Crippen LogP contribution in [-0.2, 0) is 19.1 Å². The summed E-state index contributed by atoms with van der Waals surface area (Å²) in [5.41, 5.74) is 3.04. The second-order valence-corrected chi connectivity index (χ2v) is 6.43. The molecule has 0 aliphatic heterocycles. The Morgan fingerprint density at radius 1 is 1.10 bits per heavy atom. The van der Waals surface area contributed by atoms with E-state index in [1.54, 1.807) is 31.3 Å². The molecule has 0 atom stereocenters. The number of fused-ring (bicyclic) bond motifs is 1. The number of rotatable bonds is 6. The van der Waals surface area contributed by atoms with Gasteiger partial charge in [0.25, 0.3) is 5.91 Å². The van der Waals surface area contributed by atoms with Gasteiger partial charge in [-0.05, 0) is 36.8 Å². The van der Waals surface area contributed by atoms with Crippen LogP contribution in [0.25, 0.3) is 17.0 Å². The molecule has 152 valence electrons. The minimum Gasteiger partial charge on any atom is -0.465 e. The molecule has 1 heterocycles. The first kappa shape index (κ1) is 20.7. The molecule has 0 fully saturated rings. The van der Waals surface area contributed by atoms with Crippen LogP contribution in [0.3, 0.4) is 0 Å². The molecule has 0 unspecified atom stereocenters. The van der Waals surface area contributed by atoms with E-state index < -0.39 is 24.5 Å². The van der Waals surface area contributed by atoms with Crippen molar-refractivity contribution >= 4 is 40.5 Å². The van der Waals surface area contributed by atoms with Gasteiger partial charge in [-0.25, -0.2) is 9.59 Å². The lowest BCUT2D eigenvalue weighted by Crippen LogP contribution is -2.21. The molecule has 0 radical (unpaired) electrons. The zero-order valence-electron chi connectivity index (χ0n) is 16.5. The first-order valence-electron chi connectivity index (χ1n) is 9.15. The van der Waals surface area contributed by atoms with Crippen molar-refractivity contribution in [2.75, 3.05) is 19.0 Å². The van der Waals surface area contributed by atoms with E-state index in [1.807, 2.05) is 30.3 Å². The number of carbonyl (C=O) groups excluding carboxylic acids is 3. The van der Waals surface area contributed by atoms with Gasteiger partial charge in [0.1, 0.15) is 0 Å². The molecule has 3 aromatic rings. The average molecular weight is 404 g/mol. The number of para-hydroxylation sites is 1. The van der Waals surface area contributed by atoms with Crippen LogP contribution in [0.1, 0.15) is 21.5 Å². The number of pyridine rings is 1. The Bertz CT molecular complexity index is 1130. The Morgan fingerprint density at radius 2 is 1.90 bits per heavy atom. The molecule has 1 N–H and O–H groups in total. The number of nitrogens with one attached hydrogen (secondary N) is 1. The highest BCUT2D eigenvalue weighted by molar-refractivity contribution is 5.98. The summed E-state index contributed by atoms with van der Waals surface area (Å²) in [6, 6.07) is 14.2. The van der Waals surface area contributed by atoms with E-state index in [0.717, 1.165) is 22.0 Å². The predicted molar refractivity (Wildman–Crippen MR) is 113 cm³/mol. The molecule has 30 heavy (non-hydrogen) atoms. The Morgan fingerprint density at radius 3 is 2.70 bits per heavy atom. The van der Waals surface area contributed by atoms with Crippen LogP contribution in [0.15, 0.2) is 60.8 Å². The second-order valence-electron chi connectivity index (χ2n) is 6.43. The van der Waals surface area contributed by atoms with Gasteiger partial charge in [-0.2, -0.15) is 0 Å². The Hall–Kier alpha value is -4.00. The van der Waals surface area contributed by atoms with Gasteiger partial charge in [0.15, 0.2) is 6.61 Å². The molecule has 1 aromatic heterocycles. The lowest BCUT2D eigenvalue weighted by Gasteiger charge is -2.10. The molecule has 1 amide bonds. The molecule has 0 saturated carbocycles. The molecule has 0 saturated heterocycles. The van der Waals surface area contributed by atoms with Crippen molar-refractivity contribution in [1.29, 1.82) is 0 Å². The zero-order chi connectivity index (χ0) is 21.5. The van der Waals surface area contributed by atoms with Crippen LogP contribution >= 0.6 is 0 Å². The summed E-state index contributed by atoms with van der Waals surface area (Å²) in [5.74, 6) is -1.68. The average Bonchev–Trinajstić information content (AvgIpc) is 2.77. The number of amides is 1. The van der Waals surface area contributed by atoms with Gasteiger partial charge in [0.05, 0.1) is 18.2 Å². The van der Waals surface area contributed by atoms with Crippen molar-refractivity contribution < 1.29 is 23.9 Å². The van der Waals surface area contributed by atoms with Crippen LogP contribution in [-0.4, -0.2) is 36.5 Å². The van der Waals surface area contributed by atoms with Crippen LogP contribution < -0.4 is 5.32 Å². The molecule has 7 nitrogen and oxygen atoms in total. The fraction of sp³-hybridized carbons (Fsp3) is 0.130. The summed E-state index contributed by atoms with van der Waals surface area (Å²) >= 11 is 0. The van der Waals surface area contributed by atoms with Crippen LogP contribution in [0, 0.1) is 6.92 Å². The monoisotopic (exact) mass is 404 g/mol. The van der Waals surface area contributed by atoms with Crippen molar-refractivity contribution in [2.45, 2.75) is 6.92 Å². The maximum atomic E-state index is 12.1. The standard InChI is InChI=1S/C23H20N2O5/c1-15-8-9-18(23(28)29-2)13-19(15)25-20(26)14-30-21(27)11-10-17-6-3-5-16-7-4-12-24-22(16)17/h3-13H,14H2,1-2H3,(H,25,26)/b11-10+. The summed E-state index contributed by atoms with van der Waals surface area (Å²) in [5, 5.41) is 3.58. The van der Waals surface area contributed by atoms with E-state index in [-0.39, 0.29) is 0 Å². The Balaban J connectivity index is 1.59. The quantitative estimate of drug-likeness (QED) is 0.499. The van der Waals surface area contributed by atoms with E-state index in [9.17, 15) is 14.4 Å². The summed E-state index contributed by atoms with van der Waals surface area (Å²) in [7, 11) is 1.28. The number of nitrogens with zero attached hydrogens (tertiary/aromatic N) is 1. The van der Waals surface area contributed by atoms with Gasteiger partial charge in [0.2, 0.25) is 0 Å². The van der Waals surface area contributed by atoms with Crippen LogP contribution in [0.5, 0.6) is 0 Å². The van der Waals surface area contributed by atoms with Gasteiger partial charge >= 0.3 is 11.9 Å². The third kappa shape index (κ3) is 5.08. The summed E-state index contributed by atoms with van der Waals surface area (Å²) in [6.07, 6.45) is 4.53. The number of aromatic nitrogens is 1. The molecule has 0 spiro atoms. The molecule has 3 rings (SSSR count). The molecule has 0 aliphatic carbocycles. The first-order chi connectivity index (χ1) is 14.5. The number of aryl methyl sites for hydroxylation is 1. The number of carbonyl (C=O) groups is 3. The molecular formula is C23H20N2O5. The molecule has 7 heteroatoms. The first-order valence-corrected chi connectivity index (χ1v) is 9.15. The lowest BCUT2D eigenvalue weighted by molar-refractivity contribution is -0.142. The number of ether oxygens (including phenoxy) is 2. The van der Waals surface area contributed by atoms with E-state index >= 15 is 0 Å². The third-order valence-electron chi connectivity index (χ3n) is 4.34.